The summed E-state index contributed by atoms with van der Waals surface area (Å²) in [6.07, 6.45) is 0.865. The average Bonchev–Trinajstić information content (AvgIpc) is 2.28. The molecular weight excluding hydrogens is 204 g/mol. The summed E-state index contributed by atoms with van der Waals surface area (Å²) in [7, 11) is 0. The highest BCUT2D eigenvalue weighted by atomic mass is 32.1. The van der Waals surface area contributed by atoms with Crippen molar-refractivity contribution in [2.24, 2.45) is 5.73 Å². The Morgan fingerprint density at radius 3 is 2.33 bits per heavy atom. The Balaban J connectivity index is 2.89. The van der Waals surface area contributed by atoms with Gasteiger partial charge >= 0.3 is 0 Å². The Labute approximate surface area is 97.0 Å². The second-order valence-corrected chi connectivity index (χ2v) is 3.86. The number of thiol groups is 1. The fourth-order valence-corrected chi connectivity index (χ4v) is 1.46. The van der Waals surface area contributed by atoms with Crippen LogP contribution in [0.1, 0.15) is 25.8 Å². The van der Waals surface area contributed by atoms with Gasteiger partial charge in [0.2, 0.25) is 0 Å². The molecule has 3 N–H and O–H groups in total. The summed E-state index contributed by atoms with van der Waals surface area (Å²) >= 11 is 4.34. The molecule has 82 valence electrons. The van der Waals surface area contributed by atoms with Crippen molar-refractivity contribution < 1.29 is 0 Å². The Morgan fingerprint density at radius 1 is 1.27 bits per heavy atom. The zero-order valence-corrected chi connectivity index (χ0v) is 10.1. The lowest BCUT2D eigenvalue weighted by Gasteiger charge is -2.07. The molecule has 0 bridgehead atoms. The average molecular weight is 222 g/mol. The van der Waals surface area contributed by atoms with Crippen LogP contribution >= 0.6 is 12.6 Å². The second kappa shape index (κ2) is 5.71. The minimum absolute atomic E-state index is 0.767. The monoisotopic (exact) mass is 222 g/mol. The molecule has 0 aliphatic rings. The smallest absolute Gasteiger partial charge is 0.0481 e. The summed E-state index contributed by atoms with van der Waals surface area (Å²) in [5.74, 6) is 0. The van der Waals surface area contributed by atoms with E-state index >= 15 is 0 Å². The van der Waals surface area contributed by atoms with Crippen LogP contribution in [0.25, 0.3) is 5.70 Å². The van der Waals surface area contributed by atoms with Crippen molar-refractivity contribution in [1.82, 2.24) is 0 Å². The van der Waals surface area contributed by atoms with Crippen LogP contribution in [0.5, 0.6) is 0 Å². The number of anilines is 1. The fourth-order valence-electron chi connectivity index (χ4n) is 1.33. The number of nitrogens with two attached hydrogens (primary N) is 1. The Kier molecular flexibility index (Phi) is 4.56. The third-order valence-electron chi connectivity index (χ3n) is 2.22. The first-order valence-corrected chi connectivity index (χ1v) is 5.65. The number of allylic oxidation sites excluding steroid dienone is 1. The molecule has 0 saturated heterocycles. The van der Waals surface area contributed by atoms with Crippen LogP contribution < -0.4 is 11.1 Å². The van der Waals surface area contributed by atoms with Crippen molar-refractivity contribution in [2.75, 3.05) is 11.9 Å². The summed E-state index contributed by atoms with van der Waals surface area (Å²) in [5, 5.41) is 3.24. The second-order valence-electron chi connectivity index (χ2n) is 3.32. The predicted octanol–water partition coefficient (Wildman–Crippen LogP) is 3.09. The van der Waals surface area contributed by atoms with E-state index in [0.29, 0.717) is 0 Å². The zero-order valence-electron chi connectivity index (χ0n) is 9.25. The Bertz CT molecular complexity index is 341. The standard InChI is InChI=1S/C12H18N2S/c1-3-11(15)12(13)9-5-7-10(8-6-9)14-4-2/h5-8,14-15H,3-4,13H2,1-2H3/b12-11-. The molecule has 1 aromatic rings. The highest BCUT2D eigenvalue weighted by molar-refractivity contribution is 7.84. The molecule has 0 heterocycles. The molecule has 0 unspecified atom stereocenters. The number of hydrogen-bond donors (Lipinski definition) is 3. The predicted molar refractivity (Wildman–Crippen MR) is 71.0 cm³/mol. The van der Waals surface area contributed by atoms with E-state index in [9.17, 15) is 0 Å². The molecule has 0 aliphatic carbocycles. The lowest BCUT2D eigenvalue weighted by Crippen LogP contribution is -2.00. The SMILES string of the molecule is CCNc1ccc(/C(N)=C(/S)CC)cc1. The molecule has 0 atom stereocenters. The quantitative estimate of drug-likeness (QED) is 0.685. The Hall–Kier alpha value is -1.09. The van der Waals surface area contributed by atoms with E-state index in [1.807, 2.05) is 31.2 Å². The maximum absolute atomic E-state index is 5.96. The third kappa shape index (κ3) is 3.20. The molecule has 0 aliphatic heterocycles. The Morgan fingerprint density at radius 2 is 1.87 bits per heavy atom. The molecule has 0 aromatic heterocycles. The molecule has 0 fully saturated rings. The minimum Gasteiger partial charge on any atom is -0.398 e. The van der Waals surface area contributed by atoms with Crippen molar-refractivity contribution in [3.63, 3.8) is 0 Å². The van der Waals surface area contributed by atoms with E-state index in [2.05, 4.69) is 24.9 Å². The maximum atomic E-state index is 5.96. The summed E-state index contributed by atoms with van der Waals surface area (Å²) in [5.41, 5.74) is 8.87. The van der Waals surface area contributed by atoms with Crippen LogP contribution in [0.3, 0.4) is 0 Å². The van der Waals surface area contributed by atoms with Gasteiger partial charge in [0.1, 0.15) is 0 Å². The highest BCUT2D eigenvalue weighted by Gasteiger charge is 2.00. The molecule has 15 heavy (non-hydrogen) atoms. The van der Waals surface area contributed by atoms with Gasteiger partial charge in [0.15, 0.2) is 0 Å². The van der Waals surface area contributed by atoms with E-state index in [1.54, 1.807) is 0 Å². The van der Waals surface area contributed by atoms with Crippen LogP contribution in [0.2, 0.25) is 0 Å². The minimum atomic E-state index is 0.767. The van der Waals surface area contributed by atoms with Crippen LogP contribution in [0.4, 0.5) is 5.69 Å². The maximum Gasteiger partial charge on any atom is 0.0481 e. The van der Waals surface area contributed by atoms with Gasteiger partial charge in [-0.1, -0.05) is 19.1 Å². The molecule has 0 saturated carbocycles. The van der Waals surface area contributed by atoms with Gasteiger partial charge < -0.3 is 11.1 Å². The molecule has 1 aromatic carbocycles. The number of benzene rings is 1. The van der Waals surface area contributed by atoms with Crippen molar-refractivity contribution in [2.45, 2.75) is 20.3 Å². The summed E-state index contributed by atoms with van der Waals surface area (Å²) in [4.78, 5) is 0.936. The van der Waals surface area contributed by atoms with Crippen molar-refractivity contribution in [3.8, 4) is 0 Å². The molecule has 0 radical (unpaired) electrons. The largest absolute Gasteiger partial charge is 0.398 e. The van der Waals surface area contributed by atoms with E-state index in [1.165, 1.54) is 0 Å². The van der Waals surface area contributed by atoms with Gasteiger partial charge in [0, 0.05) is 22.8 Å². The van der Waals surface area contributed by atoms with Crippen LogP contribution in [-0.4, -0.2) is 6.54 Å². The van der Waals surface area contributed by atoms with E-state index in [4.69, 9.17) is 5.73 Å². The highest BCUT2D eigenvalue weighted by Crippen LogP contribution is 2.20. The van der Waals surface area contributed by atoms with Gasteiger partial charge in [0.05, 0.1) is 0 Å². The lowest BCUT2D eigenvalue weighted by atomic mass is 10.1. The van der Waals surface area contributed by atoms with Crippen molar-refractivity contribution in [1.29, 1.82) is 0 Å². The van der Waals surface area contributed by atoms with Crippen LogP contribution in [0, 0.1) is 0 Å². The molecular formula is C12H18N2S. The normalized spacial score (nSPS) is 12.2. The van der Waals surface area contributed by atoms with Gasteiger partial charge in [-0.25, -0.2) is 0 Å². The van der Waals surface area contributed by atoms with Gasteiger partial charge in [-0.05, 0) is 31.0 Å². The number of nitrogens with one attached hydrogen (secondary N) is 1. The topological polar surface area (TPSA) is 38.0 Å². The summed E-state index contributed by atoms with van der Waals surface area (Å²) < 4.78 is 0. The van der Waals surface area contributed by atoms with Gasteiger partial charge in [-0.15, -0.1) is 12.6 Å². The molecule has 0 amide bonds. The molecule has 2 nitrogen and oxygen atoms in total. The van der Waals surface area contributed by atoms with Gasteiger partial charge in [0.25, 0.3) is 0 Å². The number of rotatable bonds is 4. The summed E-state index contributed by atoms with van der Waals surface area (Å²) in [6.45, 7) is 5.05. The van der Waals surface area contributed by atoms with Crippen molar-refractivity contribution in [3.05, 3.63) is 34.7 Å². The lowest BCUT2D eigenvalue weighted by molar-refractivity contribution is 1.19. The fraction of sp³-hybridized carbons (Fsp3) is 0.333. The van der Waals surface area contributed by atoms with Gasteiger partial charge in [-0.2, -0.15) is 0 Å². The third-order valence-corrected chi connectivity index (χ3v) is 2.78. The van der Waals surface area contributed by atoms with Crippen LogP contribution in [-0.2, 0) is 0 Å². The van der Waals surface area contributed by atoms with E-state index in [0.717, 1.165) is 34.8 Å². The molecule has 1 rings (SSSR count). The molecule has 3 heteroatoms. The first-order chi connectivity index (χ1) is 7.19. The van der Waals surface area contributed by atoms with E-state index < -0.39 is 0 Å². The first kappa shape index (κ1) is 12.0. The van der Waals surface area contributed by atoms with Gasteiger partial charge in [-0.3, -0.25) is 0 Å². The zero-order chi connectivity index (χ0) is 11.3. The van der Waals surface area contributed by atoms with Crippen LogP contribution in [0.15, 0.2) is 29.2 Å². The number of hydrogen-bond acceptors (Lipinski definition) is 3. The summed E-state index contributed by atoms with van der Waals surface area (Å²) in [6, 6.07) is 8.09. The van der Waals surface area contributed by atoms with Crippen molar-refractivity contribution >= 4 is 24.0 Å². The first-order valence-electron chi connectivity index (χ1n) is 5.20. The molecule has 0 spiro atoms. The van der Waals surface area contributed by atoms with E-state index in [-0.39, 0.29) is 0 Å².